The van der Waals surface area contributed by atoms with Crippen molar-refractivity contribution in [2.75, 3.05) is 20.1 Å². The van der Waals surface area contributed by atoms with Gasteiger partial charge in [0, 0.05) is 19.1 Å². The number of H-pyrrole nitrogens is 1. The lowest BCUT2D eigenvalue weighted by molar-refractivity contribution is 0.292. The van der Waals surface area contributed by atoms with Crippen LogP contribution in [0.2, 0.25) is 0 Å². The third kappa shape index (κ3) is 3.10. The van der Waals surface area contributed by atoms with Crippen molar-refractivity contribution >= 4 is 22.4 Å². The molecular formula is C11H21ClN4O2S. The minimum atomic E-state index is -3.42. The molecule has 2 heterocycles. The highest BCUT2D eigenvalue weighted by Gasteiger charge is 2.32. The maximum absolute atomic E-state index is 12.6. The quantitative estimate of drug-likeness (QED) is 0.866. The second-order valence-corrected chi connectivity index (χ2v) is 6.63. The lowest BCUT2D eigenvalue weighted by Crippen LogP contribution is -2.47. The molecule has 1 aromatic heterocycles. The Hall–Kier alpha value is -0.630. The number of aromatic nitrogens is 2. The summed E-state index contributed by atoms with van der Waals surface area (Å²) in [7, 11) is -1.55. The molecule has 0 bridgehead atoms. The average molecular weight is 309 g/mol. The van der Waals surface area contributed by atoms with Crippen LogP contribution in [0.4, 0.5) is 0 Å². The van der Waals surface area contributed by atoms with Gasteiger partial charge in [-0.3, -0.25) is 5.10 Å². The van der Waals surface area contributed by atoms with Crippen molar-refractivity contribution in [1.82, 2.24) is 19.8 Å². The van der Waals surface area contributed by atoms with Crippen molar-refractivity contribution in [3.05, 3.63) is 11.4 Å². The molecule has 110 valence electrons. The van der Waals surface area contributed by atoms with E-state index in [0.29, 0.717) is 29.4 Å². The molecule has 1 unspecified atom stereocenters. The van der Waals surface area contributed by atoms with Gasteiger partial charge in [-0.05, 0) is 33.7 Å². The third-order valence-corrected chi connectivity index (χ3v) is 5.58. The number of hydrogen-bond acceptors (Lipinski definition) is 4. The molecular weight excluding hydrogens is 288 g/mol. The fourth-order valence-corrected chi connectivity index (χ4v) is 4.30. The van der Waals surface area contributed by atoms with Gasteiger partial charge in [-0.25, -0.2) is 8.42 Å². The fourth-order valence-electron chi connectivity index (χ4n) is 2.45. The number of nitrogens with one attached hydrogen (secondary N) is 2. The Bertz CT molecular complexity index is 509. The van der Waals surface area contributed by atoms with Crippen molar-refractivity contribution in [3.63, 3.8) is 0 Å². The Morgan fingerprint density at radius 2 is 2.11 bits per heavy atom. The molecule has 0 radical (unpaired) electrons. The first kappa shape index (κ1) is 16.4. The van der Waals surface area contributed by atoms with Gasteiger partial charge in [0.15, 0.2) is 0 Å². The molecule has 2 N–H and O–H groups in total. The van der Waals surface area contributed by atoms with Gasteiger partial charge in [-0.1, -0.05) is 0 Å². The maximum atomic E-state index is 12.6. The van der Waals surface area contributed by atoms with E-state index in [9.17, 15) is 8.42 Å². The number of rotatable bonds is 3. The van der Waals surface area contributed by atoms with Gasteiger partial charge in [0.05, 0.1) is 11.4 Å². The lowest BCUT2D eigenvalue weighted by Gasteiger charge is -2.31. The minimum absolute atomic E-state index is 0. The summed E-state index contributed by atoms with van der Waals surface area (Å²) in [6.07, 6.45) is 1.91. The Balaban J connectivity index is 0.00000180. The standard InChI is InChI=1S/C11H20N4O2S.ClH/c1-8-11(9(2)14-13-8)18(16,17)15-6-4-5-10(7-15)12-3;/h10,12H,4-7H2,1-3H3,(H,13,14);1H. The van der Waals surface area contributed by atoms with E-state index >= 15 is 0 Å². The number of hydrogen-bond donors (Lipinski definition) is 2. The third-order valence-electron chi connectivity index (χ3n) is 3.45. The van der Waals surface area contributed by atoms with Crippen LogP contribution in [0.5, 0.6) is 0 Å². The summed E-state index contributed by atoms with van der Waals surface area (Å²) in [4.78, 5) is 0.333. The molecule has 6 nitrogen and oxygen atoms in total. The van der Waals surface area contributed by atoms with Crippen molar-refractivity contribution in [2.45, 2.75) is 37.6 Å². The van der Waals surface area contributed by atoms with Crippen molar-refractivity contribution in [3.8, 4) is 0 Å². The van der Waals surface area contributed by atoms with E-state index in [4.69, 9.17) is 0 Å². The van der Waals surface area contributed by atoms with E-state index in [1.54, 1.807) is 18.2 Å². The van der Waals surface area contributed by atoms with Crippen LogP contribution < -0.4 is 5.32 Å². The molecule has 1 atom stereocenters. The second-order valence-electron chi connectivity index (χ2n) is 4.75. The number of sulfonamides is 1. The predicted molar refractivity (Wildman–Crippen MR) is 76.2 cm³/mol. The first-order chi connectivity index (χ1) is 8.46. The minimum Gasteiger partial charge on any atom is -0.316 e. The smallest absolute Gasteiger partial charge is 0.246 e. The van der Waals surface area contributed by atoms with Crippen LogP contribution in [0.1, 0.15) is 24.2 Å². The molecule has 2 rings (SSSR count). The highest BCUT2D eigenvalue weighted by Crippen LogP contribution is 2.24. The Kier molecular flexibility index (Phi) is 5.37. The average Bonchev–Trinajstić information content (AvgIpc) is 2.69. The van der Waals surface area contributed by atoms with Gasteiger partial charge >= 0.3 is 0 Å². The Morgan fingerprint density at radius 3 is 2.63 bits per heavy atom. The van der Waals surface area contributed by atoms with Gasteiger partial charge < -0.3 is 5.32 Å². The Morgan fingerprint density at radius 1 is 1.42 bits per heavy atom. The summed E-state index contributed by atoms with van der Waals surface area (Å²) in [5.41, 5.74) is 1.15. The number of piperidine rings is 1. The molecule has 0 saturated carbocycles. The zero-order valence-electron chi connectivity index (χ0n) is 11.4. The van der Waals surface area contributed by atoms with Crippen molar-refractivity contribution < 1.29 is 8.42 Å². The van der Waals surface area contributed by atoms with Gasteiger partial charge in [0.2, 0.25) is 10.0 Å². The first-order valence-electron chi connectivity index (χ1n) is 6.15. The summed E-state index contributed by atoms with van der Waals surface area (Å²) < 4.78 is 26.7. The van der Waals surface area contributed by atoms with E-state index in [1.807, 2.05) is 7.05 Å². The van der Waals surface area contributed by atoms with E-state index in [2.05, 4.69) is 15.5 Å². The highest BCUT2D eigenvalue weighted by molar-refractivity contribution is 7.89. The monoisotopic (exact) mass is 308 g/mol. The van der Waals surface area contributed by atoms with Crippen LogP contribution in [0.25, 0.3) is 0 Å². The highest BCUT2D eigenvalue weighted by atomic mass is 35.5. The van der Waals surface area contributed by atoms with Crippen molar-refractivity contribution in [2.24, 2.45) is 0 Å². The Labute approximate surface area is 120 Å². The number of likely N-dealkylation sites (N-methyl/N-ethyl adjacent to an activating group) is 1. The molecule has 19 heavy (non-hydrogen) atoms. The number of aryl methyl sites for hydroxylation is 2. The molecule has 1 aromatic rings. The summed E-state index contributed by atoms with van der Waals surface area (Å²) in [6, 6.07) is 0.237. The van der Waals surface area contributed by atoms with Gasteiger partial charge in [0.25, 0.3) is 0 Å². The van der Waals surface area contributed by atoms with Gasteiger partial charge in [-0.2, -0.15) is 9.40 Å². The van der Waals surface area contributed by atoms with Crippen LogP contribution >= 0.6 is 12.4 Å². The van der Waals surface area contributed by atoms with Crippen molar-refractivity contribution in [1.29, 1.82) is 0 Å². The zero-order valence-corrected chi connectivity index (χ0v) is 13.1. The normalized spacial score (nSPS) is 21.1. The summed E-state index contributed by atoms with van der Waals surface area (Å²) in [5, 5.41) is 9.86. The molecule has 1 aliphatic rings. The molecule has 1 fully saturated rings. The van der Waals surface area contributed by atoms with Crippen LogP contribution in [0.15, 0.2) is 4.90 Å². The van der Waals surface area contributed by atoms with E-state index in [0.717, 1.165) is 12.8 Å². The molecule has 8 heteroatoms. The van der Waals surface area contributed by atoms with Crippen LogP contribution in [-0.2, 0) is 10.0 Å². The first-order valence-corrected chi connectivity index (χ1v) is 7.59. The van der Waals surface area contributed by atoms with Crippen LogP contribution in [0.3, 0.4) is 0 Å². The summed E-state index contributed by atoms with van der Waals surface area (Å²) in [5.74, 6) is 0. The maximum Gasteiger partial charge on any atom is 0.246 e. The number of halogens is 1. The van der Waals surface area contributed by atoms with E-state index < -0.39 is 10.0 Å². The van der Waals surface area contributed by atoms with Gasteiger partial charge in [0.1, 0.15) is 4.90 Å². The van der Waals surface area contributed by atoms with E-state index in [1.165, 1.54) is 0 Å². The molecule has 0 amide bonds. The fraction of sp³-hybridized carbons (Fsp3) is 0.727. The second kappa shape index (κ2) is 6.21. The number of aromatic amines is 1. The van der Waals surface area contributed by atoms with Crippen LogP contribution in [0, 0.1) is 13.8 Å². The zero-order chi connectivity index (χ0) is 13.3. The number of nitrogens with zero attached hydrogens (tertiary/aromatic N) is 2. The van der Waals surface area contributed by atoms with Crippen LogP contribution in [-0.4, -0.2) is 49.1 Å². The molecule has 0 spiro atoms. The predicted octanol–water partition coefficient (Wildman–Crippen LogP) is 0.821. The summed E-state index contributed by atoms with van der Waals surface area (Å²) >= 11 is 0. The van der Waals surface area contributed by atoms with Gasteiger partial charge in [-0.15, -0.1) is 12.4 Å². The summed E-state index contributed by atoms with van der Waals surface area (Å²) in [6.45, 7) is 4.58. The lowest BCUT2D eigenvalue weighted by atomic mass is 10.1. The largest absolute Gasteiger partial charge is 0.316 e. The molecule has 0 aromatic carbocycles. The topological polar surface area (TPSA) is 78.1 Å². The SMILES string of the molecule is CNC1CCCN(S(=O)(=O)c2c(C)n[nH]c2C)C1.Cl. The molecule has 1 aliphatic heterocycles. The molecule has 1 saturated heterocycles. The molecule has 0 aliphatic carbocycles. The van der Waals surface area contributed by atoms with E-state index in [-0.39, 0.29) is 18.4 Å².